The first-order valence-electron chi connectivity index (χ1n) is 17.0. The Morgan fingerprint density at radius 2 is 1.20 bits per heavy atom. The van der Waals surface area contributed by atoms with Crippen LogP contribution in [0.15, 0.2) is 131 Å². The van der Waals surface area contributed by atoms with Gasteiger partial charge in [0.1, 0.15) is 28.6 Å². The molecule has 1 atom stereocenters. The molecule has 59 heavy (non-hydrogen) atoms. The molecule has 0 fully saturated rings. The molecule has 8 rings (SSSR count). The lowest BCUT2D eigenvalue weighted by molar-refractivity contribution is -0.144. The molecule has 0 radical (unpaired) electrons. The summed E-state index contributed by atoms with van der Waals surface area (Å²) in [5, 5.41) is 2.49. The number of aromatic nitrogens is 6. The average Bonchev–Trinajstić information content (AvgIpc) is 3.87. The van der Waals surface area contributed by atoms with Crippen molar-refractivity contribution in [3.63, 3.8) is 0 Å². The lowest BCUT2D eigenvalue weighted by Gasteiger charge is -2.23. The molecule has 8 aromatic rings. The normalized spacial score (nSPS) is 11.8. The van der Waals surface area contributed by atoms with E-state index in [0.29, 0.717) is 51.3 Å². The monoisotopic (exact) mass is 816 g/mol. The summed E-state index contributed by atoms with van der Waals surface area (Å²) < 4.78 is 97.6. The van der Waals surface area contributed by atoms with Gasteiger partial charge in [0.25, 0.3) is 5.78 Å². The number of carbonyl (C=O) groups is 1. The predicted octanol–water partition coefficient (Wildman–Crippen LogP) is 9.32. The molecule has 6 heterocycles. The number of hydrogen-bond acceptors (Lipinski definition) is 13. The lowest BCUT2D eigenvalue weighted by Crippen LogP contribution is -2.27. The van der Waals surface area contributed by atoms with Crippen molar-refractivity contribution in [1.29, 1.82) is 0 Å². The molecule has 19 heteroatoms. The van der Waals surface area contributed by atoms with Gasteiger partial charge in [-0.05, 0) is 78.4 Å². The fourth-order valence-electron chi connectivity index (χ4n) is 5.19. The predicted molar refractivity (Wildman–Crippen MR) is 203 cm³/mol. The molecular weight excluding hydrogens is 786 g/mol. The van der Waals surface area contributed by atoms with Crippen molar-refractivity contribution in [2.75, 3.05) is 25.3 Å². The van der Waals surface area contributed by atoms with Crippen molar-refractivity contribution in [3.05, 3.63) is 133 Å². The maximum absolute atomic E-state index is 13.7. The van der Waals surface area contributed by atoms with Gasteiger partial charge in [0.2, 0.25) is 23.2 Å². The summed E-state index contributed by atoms with van der Waals surface area (Å²) in [6, 6.07) is 18.9. The molecule has 13 nitrogen and oxygen atoms in total. The molecule has 0 aliphatic heterocycles. The second kappa shape index (κ2) is 17.7. The summed E-state index contributed by atoms with van der Waals surface area (Å²) in [4.78, 5) is 35.4. The summed E-state index contributed by atoms with van der Waals surface area (Å²) in [6.45, 7) is 0. The quantitative estimate of drug-likeness (QED) is 0.110. The van der Waals surface area contributed by atoms with Crippen LogP contribution in [0.25, 0.3) is 45.4 Å². The third-order valence-corrected chi connectivity index (χ3v) is 8.03. The number of nitrogens with two attached hydrogens (primary N) is 1. The maximum atomic E-state index is 13.7. The number of ketones is 1. The number of fused-ring (bicyclic) bond motifs is 2. The number of benzene rings is 2. The molecule has 0 spiro atoms. The minimum atomic E-state index is -4.82. The highest BCUT2D eigenvalue weighted by atomic mass is 19.4. The molecule has 3 N–H and O–H groups in total. The first-order valence-corrected chi connectivity index (χ1v) is 17.0. The molecule has 0 saturated carbocycles. The van der Waals surface area contributed by atoms with E-state index in [1.54, 1.807) is 49.2 Å². The van der Waals surface area contributed by atoms with Crippen molar-refractivity contribution < 1.29 is 49.4 Å². The fraction of sp³-hybridized carbons (Fsp3) is 0.125. The van der Waals surface area contributed by atoms with Gasteiger partial charge < -0.3 is 29.4 Å². The van der Waals surface area contributed by atoms with Crippen LogP contribution in [0.3, 0.4) is 0 Å². The van der Waals surface area contributed by atoms with Gasteiger partial charge in [-0.2, -0.15) is 26.3 Å². The van der Waals surface area contributed by atoms with Crippen LogP contribution in [0.2, 0.25) is 0 Å². The first kappa shape index (κ1) is 41.1. The molecule has 0 amide bonds. The van der Waals surface area contributed by atoms with Crippen LogP contribution in [-0.4, -0.2) is 62.3 Å². The zero-order chi connectivity index (χ0) is 42.2. The number of oxazole rings is 2. The van der Waals surface area contributed by atoms with Gasteiger partial charge in [-0.3, -0.25) is 14.8 Å². The van der Waals surface area contributed by atoms with Gasteiger partial charge in [-0.1, -0.05) is 12.1 Å². The van der Waals surface area contributed by atoms with E-state index in [2.05, 4.69) is 35.2 Å². The molecule has 0 aliphatic carbocycles. The van der Waals surface area contributed by atoms with Crippen molar-refractivity contribution in [1.82, 2.24) is 29.9 Å². The molecule has 1 unspecified atom stereocenters. The Morgan fingerprint density at radius 3 is 1.68 bits per heavy atom. The molecule has 6 aromatic heterocycles. The SMILES string of the molecule is COc1ccc(C(=O)C(F)(F)F)cc1.COc1ccc(C(Nc2cnc3oc(-c4cccnc4)nc3c2)C(F)(F)F)cc1.Nc1cnc2oc(-c3cccnc3)nc2c1. The minimum Gasteiger partial charge on any atom is -0.497 e. The van der Waals surface area contributed by atoms with Crippen molar-refractivity contribution in [2.45, 2.75) is 18.4 Å². The van der Waals surface area contributed by atoms with E-state index < -0.39 is 29.7 Å². The number of halogens is 6. The van der Waals surface area contributed by atoms with Crippen LogP contribution >= 0.6 is 0 Å². The number of hydrogen-bond donors (Lipinski definition) is 2. The van der Waals surface area contributed by atoms with Crippen LogP contribution in [0, 0.1) is 0 Å². The van der Waals surface area contributed by atoms with Crippen molar-refractivity contribution >= 4 is 39.6 Å². The summed E-state index contributed by atoms with van der Waals surface area (Å²) in [6.07, 6.45) is 0.0543. The Morgan fingerprint density at radius 1 is 0.695 bits per heavy atom. The number of methoxy groups -OCH3 is 2. The number of pyridine rings is 4. The van der Waals surface area contributed by atoms with Crippen LogP contribution in [0.5, 0.6) is 11.5 Å². The van der Waals surface area contributed by atoms with E-state index in [9.17, 15) is 31.1 Å². The van der Waals surface area contributed by atoms with Crippen LogP contribution in [0.1, 0.15) is 22.0 Å². The summed E-state index contributed by atoms with van der Waals surface area (Å²) in [5.41, 5.74) is 9.17. The average molecular weight is 817 g/mol. The zero-order valence-corrected chi connectivity index (χ0v) is 30.7. The Kier molecular flexibility index (Phi) is 12.3. The Balaban J connectivity index is 0.000000164. The fourth-order valence-corrected chi connectivity index (χ4v) is 5.19. The number of anilines is 2. The Hall–Kier alpha value is -7.57. The lowest BCUT2D eigenvalue weighted by atomic mass is 10.1. The van der Waals surface area contributed by atoms with Gasteiger partial charge in [0.15, 0.2) is 0 Å². The van der Waals surface area contributed by atoms with Crippen molar-refractivity contribution in [3.8, 4) is 34.4 Å². The zero-order valence-electron chi connectivity index (χ0n) is 30.7. The van der Waals surface area contributed by atoms with Gasteiger partial charge in [0, 0.05) is 30.4 Å². The number of Topliss-reactive ketones (excluding diaryl/α,β-unsaturated/α-hetero) is 1. The number of ether oxygens (including phenoxy) is 2. The van der Waals surface area contributed by atoms with E-state index in [1.807, 2.05) is 12.1 Å². The molecule has 2 aromatic carbocycles. The number of nitrogens with zero attached hydrogens (tertiary/aromatic N) is 6. The van der Waals surface area contributed by atoms with Gasteiger partial charge in [-0.15, -0.1) is 0 Å². The smallest absolute Gasteiger partial charge is 0.454 e. The van der Waals surface area contributed by atoms with Crippen LogP contribution in [-0.2, 0) is 0 Å². The van der Waals surface area contributed by atoms with Gasteiger partial charge >= 0.3 is 12.4 Å². The van der Waals surface area contributed by atoms with E-state index in [-0.39, 0.29) is 17.0 Å². The summed E-state index contributed by atoms with van der Waals surface area (Å²) in [5.74, 6) is -0.173. The largest absolute Gasteiger partial charge is 0.497 e. The molecule has 0 aliphatic rings. The van der Waals surface area contributed by atoms with E-state index in [1.165, 1.54) is 62.9 Å². The first-order chi connectivity index (χ1) is 28.2. The third-order valence-electron chi connectivity index (χ3n) is 8.03. The van der Waals surface area contributed by atoms with Gasteiger partial charge in [-0.25, -0.2) is 19.9 Å². The highest BCUT2D eigenvalue weighted by molar-refractivity contribution is 6.00. The molecule has 302 valence electrons. The Bertz CT molecular complexity index is 2620. The van der Waals surface area contributed by atoms with Crippen molar-refractivity contribution in [2.24, 2.45) is 0 Å². The minimum absolute atomic E-state index is 0.0506. The summed E-state index contributed by atoms with van der Waals surface area (Å²) in [7, 11) is 2.84. The Labute approximate surface area is 329 Å². The van der Waals surface area contributed by atoms with Gasteiger partial charge in [0.05, 0.1) is 49.1 Å². The number of nitrogen functional groups attached to an aromatic ring is 1. The molecule has 0 bridgehead atoms. The van der Waals surface area contributed by atoms with Crippen LogP contribution < -0.4 is 20.5 Å². The number of carbonyl (C=O) groups excluding carboxylic acids is 1. The van der Waals surface area contributed by atoms with E-state index in [0.717, 1.165) is 17.7 Å². The van der Waals surface area contributed by atoms with E-state index >= 15 is 0 Å². The molecule has 0 saturated heterocycles. The number of alkyl halides is 6. The number of nitrogens with one attached hydrogen (secondary N) is 1. The maximum Gasteiger partial charge on any atom is 0.454 e. The highest BCUT2D eigenvalue weighted by Gasteiger charge is 2.41. The standard InChI is InChI=1S/C20H15F3N4O2.C11H8N4O.C9H7F3O2/c1-28-15-6-4-12(5-7-15)17(20(21,22)23)26-14-9-16-19(25-11-14)29-18(27-16)13-3-2-8-24-10-13;12-8-4-9-11(14-6-8)16-10(15-9)7-2-1-3-13-5-7;1-14-7-4-2-6(3-5-7)8(13)9(10,11)12/h2-11,17,26H,1H3;1-6H,12H2;2-5H,1H3. The second-order valence-corrected chi connectivity index (χ2v) is 12.1. The second-order valence-electron chi connectivity index (χ2n) is 12.1. The third kappa shape index (κ3) is 10.4. The number of rotatable bonds is 8. The van der Waals surface area contributed by atoms with Crippen LogP contribution in [0.4, 0.5) is 37.7 Å². The summed E-state index contributed by atoms with van der Waals surface area (Å²) >= 11 is 0. The van der Waals surface area contributed by atoms with E-state index in [4.69, 9.17) is 24.0 Å². The highest BCUT2D eigenvalue weighted by Crippen LogP contribution is 2.37. The molecular formula is C40H30F6N8O5. The topological polar surface area (TPSA) is 177 Å².